The van der Waals surface area contributed by atoms with Crippen LogP contribution in [0.25, 0.3) is 0 Å². The van der Waals surface area contributed by atoms with Crippen molar-refractivity contribution in [2.24, 2.45) is 10.2 Å². The standard InChI is InChI=1S/C18H18Cl4N4O2/c1-25(23-9-11-5-13(19)7-15(21)17(11)27)3-4-26(2)24-10-12-6-14(20)8-16(22)18(12)28/h5-10,27-28H,3-4H2,1-2H3/b23-9+,24-10+. The Balaban J connectivity index is 1.93. The summed E-state index contributed by atoms with van der Waals surface area (Å²) in [6.45, 7) is 1.09. The molecule has 0 saturated carbocycles. The number of aromatic hydroxyl groups is 2. The van der Waals surface area contributed by atoms with E-state index in [0.29, 0.717) is 34.3 Å². The Labute approximate surface area is 183 Å². The second-order valence-electron chi connectivity index (χ2n) is 5.90. The Morgan fingerprint density at radius 2 is 1.11 bits per heavy atom. The molecule has 0 atom stereocenters. The molecule has 6 nitrogen and oxygen atoms in total. The van der Waals surface area contributed by atoms with Crippen molar-refractivity contribution in [2.45, 2.75) is 0 Å². The van der Waals surface area contributed by atoms with E-state index in [4.69, 9.17) is 46.4 Å². The van der Waals surface area contributed by atoms with Crippen LogP contribution in [-0.4, -0.2) is 59.8 Å². The fraction of sp³-hybridized carbons (Fsp3) is 0.222. The quantitative estimate of drug-likeness (QED) is 0.450. The average molecular weight is 464 g/mol. The lowest BCUT2D eigenvalue weighted by Gasteiger charge is -2.18. The van der Waals surface area contributed by atoms with E-state index in [2.05, 4.69) is 10.2 Å². The molecule has 150 valence electrons. The van der Waals surface area contributed by atoms with Gasteiger partial charge in [-0.25, -0.2) is 0 Å². The van der Waals surface area contributed by atoms with Gasteiger partial charge in [-0.05, 0) is 24.3 Å². The number of phenolic OH excluding ortho intramolecular Hbond substituents is 2. The Morgan fingerprint density at radius 3 is 1.46 bits per heavy atom. The minimum absolute atomic E-state index is 0.0788. The maximum atomic E-state index is 9.93. The van der Waals surface area contributed by atoms with Crippen LogP contribution in [-0.2, 0) is 0 Å². The number of nitrogens with zero attached hydrogens (tertiary/aromatic N) is 4. The lowest BCUT2D eigenvalue weighted by Crippen LogP contribution is -2.25. The summed E-state index contributed by atoms with van der Waals surface area (Å²) in [7, 11) is 3.56. The van der Waals surface area contributed by atoms with Crippen molar-refractivity contribution < 1.29 is 10.2 Å². The van der Waals surface area contributed by atoms with Crippen molar-refractivity contribution in [1.82, 2.24) is 10.0 Å². The van der Waals surface area contributed by atoms with Crippen LogP contribution < -0.4 is 0 Å². The lowest BCUT2D eigenvalue weighted by molar-refractivity contribution is 0.272. The van der Waals surface area contributed by atoms with Crippen LogP contribution in [0.4, 0.5) is 0 Å². The summed E-state index contributed by atoms with van der Waals surface area (Å²) in [4.78, 5) is 0. The molecule has 2 rings (SSSR count). The van der Waals surface area contributed by atoms with Gasteiger partial charge in [0.25, 0.3) is 0 Å². The molecular weight excluding hydrogens is 446 g/mol. The van der Waals surface area contributed by atoms with E-state index in [-0.39, 0.29) is 21.5 Å². The number of hydrazone groups is 2. The number of hydrogen-bond donors (Lipinski definition) is 2. The van der Waals surface area contributed by atoms with Gasteiger partial charge in [0, 0.05) is 35.3 Å². The van der Waals surface area contributed by atoms with Crippen molar-refractivity contribution in [3.63, 3.8) is 0 Å². The van der Waals surface area contributed by atoms with Gasteiger partial charge in [-0.3, -0.25) is 10.0 Å². The summed E-state index contributed by atoms with van der Waals surface area (Å²) in [5, 5.41) is 32.8. The zero-order chi connectivity index (χ0) is 20.8. The van der Waals surface area contributed by atoms with Crippen molar-refractivity contribution in [3.8, 4) is 11.5 Å². The van der Waals surface area contributed by atoms with Gasteiger partial charge in [0.15, 0.2) is 0 Å². The van der Waals surface area contributed by atoms with Gasteiger partial charge in [-0.2, -0.15) is 10.2 Å². The average Bonchev–Trinajstić information content (AvgIpc) is 2.63. The molecule has 0 fully saturated rings. The van der Waals surface area contributed by atoms with E-state index >= 15 is 0 Å². The highest BCUT2D eigenvalue weighted by Crippen LogP contribution is 2.31. The van der Waals surface area contributed by atoms with Gasteiger partial charge >= 0.3 is 0 Å². The number of halogens is 4. The molecule has 2 aromatic carbocycles. The minimum atomic E-state index is -0.0788. The fourth-order valence-corrected chi connectivity index (χ4v) is 3.11. The normalized spacial score (nSPS) is 11.5. The predicted octanol–water partition coefficient (Wildman–Crippen LogP) is 4.94. The number of phenols is 2. The second kappa shape index (κ2) is 10.1. The highest BCUT2D eigenvalue weighted by atomic mass is 35.5. The van der Waals surface area contributed by atoms with E-state index in [9.17, 15) is 10.2 Å². The molecule has 0 aliphatic carbocycles. The van der Waals surface area contributed by atoms with Crippen molar-refractivity contribution in [3.05, 3.63) is 55.5 Å². The van der Waals surface area contributed by atoms with Crippen molar-refractivity contribution in [2.75, 3.05) is 27.2 Å². The number of likely N-dealkylation sites (N-methyl/N-ethyl adjacent to an activating group) is 2. The Kier molecular flexibility index (Phi) is 8.07. The first-order valence-corrected chi connectivity index (χ1v) is 9.55. The molecule has 2 N–H and O–H groups in total. The maximum absolute atomic E-state index is 9.93. The fourth-order valence-electron chi connectivity index (χ4n) is 2.10. The molecule has 0 heterocycles. The number of rotatable bonds is 7. The molecule has 0 unspecified atom stereocenters. The second-order valence-corrected chi connectivity index (χ2v) is 7.59. The Hall–Kier alpha value is -1.86. The molecule has 0 aromatic heterocycles. The van der Waals surface area contributed by atoms with Crippen LogP contribution in [0, 0.1) is 0 Å². The number of hydrogen-bond acceptors (Lipinski definition) is 6. The Bertz CT molecular complexity index is 832. The van der Waals surface area contributed by atoms with E-state index in [1.807, 2.05) is 0 Å². The third kappa shape index (κ3) is 6.34. The summed E-state index contributed by atoms with van der Waals surface area (Å²) in [6.07, 6.45) is 2.95. The summed E-state index contributed by atoms with van der Waals surface area (Å²) >= 11 is 23.6. The van der Waals surface area contributed by atoms with Gasteiger partial charge in [0.2, 0.25) is 0 Å². The van der Waals surface area contributed by atoms with Gasteiger partial charge in [-0.15, -0.1) is 0 Å². The van der Waals surface area contributed by atoms with Crippen LogP contribution >= 0.6 is 46.4 Å². The van der Waals surface area contributed by atoms with E-state index in [1.165, 1.54) is 24.6 Å². The monoisotopic (exact) mass is 462 g/mol. The van der Waals surface area contributed by atoms with E-state index in [1.54, 1.807) is 36.2 Å². The lowest BCUT2D eigenvalue weighted by atomic mass is 10.2. The molecule has 2 aromatic rings. The summed E-state index contributed by atoms with van der Waals surface area (Å²) in [6, 6.07) is 6.05. The van der Waals surface area contributed by atoms with Crippen LogP contribution in [0.1, 0.15) is 11.1 Å². The van der Waals surface area contributed by atoms with Crippen LogP contribution in [0.5, 0.6) is 11.5 Å². The van der Waals surface area contributed by atoms with E-state index in [0.717, 1.165) is 0 Å². The topological polar surface area (TPSA) is 71.7 Å². The molecule has 28 heavy (non-hydrogen) atoms. The van der Waals surface area contributed by atoms with Crippen LogP contribution in [0.15, 0.2) is 34.5 Å². The first-order chi connectivity index (χ1) is 13.2. The first-order valence-electron chi connectivity index (χ1n) is 8.03. The minimum Gasteiger partial charge on any atom is -0.506 e. The summed E-state index contributed by atoms with van der Waals surface area (Å²) in [5.74, 6) is -0.158. The van der Waals surface area contributed by atoms with Gasteiger partial charge in [0.1, 0.15) is 11.5 Å². The van der Waals surface area contributed by atoms with Gasteiger partial charge < -0.3 is 10.2 Å². The zero-order valence-corrected chi connectivity index (χ0v) is 18.1. The molecule has 0 aliphatic rings. The Morgan fingerprint density at radius 1 is 0.750 bits per heavy atom. The molecule has 10 heteroatoms. The number of benzene rings is 2. The molecule has 0 spiro atoms. The molecular formula is C18H18Cl4N4O2. The van der Waals surface area contributed by atoms with Gasteiger partial charge in [-0.1, -0.05) is 46.4 Å². The molecule has 0 amide bonds. The zero-order valence-electron chi connectivity index (χ0n) is 15.1. The SMILES string of the molecule is CN(CCN(C)/N=C/c1cc(Cl)cc(Cl)c1O)/N=C/c1cc(Cl)cc(Cl)c1O. The first kappa shape index (κ1) is 22.4. The summed E-state index contributed by atoms with van der Waals surface area (Å²) < 4.78 is 0. The molecule has 0 bridgehead atoms. The van der Waals surface area contributed by atoms with Crippen molar-refractivity contribution in [1.29, 1.82) is 0 Å². The maximum Gasteiger partial charge on any atom is 0.143 e. The highest BCUT2D eigenvalue weighted by Gasteiger charge is 2.07. The largest absolute Gasteiger partial charge is 0.506 e. The smallest absolute Gasteiger partial charge is 0.143 e. The van der Waals surface area contributed by atoms with E-state index < -0.39 is 0 Å². The van der Waals surface area contributed by atoms with Crippen molar-refractivity contribution >= 4 is 58.8 Å². The predicted molar refractivity (Wildman–Crippen MR) is 117 cm³/mol. The molecule has 0 radical (unpaired) electrons. The third-order valence-electron chi connectivity index (χ3n) is 3.65. The third-order valence-corrected chi connectivity index (χ3v) is 4.66. The molecule has 0 saturated heterocycles. The highest BCUT2D eigenvalue weighted by molar-refractivity contribution is 6.36. The summed E-state index contributed by atoms with van der Waals surface area (Å²) in [5.41, 5.74) is 0.841. The van der Waals surface area contributed by atoms with Crippen LogP contribution in [0.3, 0.4) is 0 Å². The van der Waals surface area contributed by atoms with Crippen LogP contribution in [0.2, 0.25) is 20.1 Å². The van der Waals surface area contributed by atoms with Gasteiger partial charge in [0.05, 0.1) is 35.6 Å². The molecule has 0 aliphatic heterocycles.